The minimum atomic E-state index is -0.457. The van der Waals surface area contributed by atoms with Crippen LogP contribution in [-0.2, 0) is 0 Å². The highest BCUT2D eigenvalue weighted by molar-refractivity contribution is 5.78. The van der Waals surface area contributed by atoms with Gasteiger partial charge in [-0.3, -0.25) is 0 Å². The van der Waals surface area contributed by atoms with Crippen LogP contribution in [0.4, 0.5) is 15.8 Å². The first-order valence-corrected chi connectivity index (χ1v) is 4.41. The van der Waals surface area contributed by atoms with Crippen LogP contribution in [0.5, 0.6) is 0 Å². The van der Waals surface area contributed by atoms with Gasteiger partial charge in [0, 0.05) is 20.1 Å². The number of nitriles is 1. The fourth-order valence-electron chi connectivity index (χ4n) is 1.68. The zero-order chi connectivity index (χ0) is 10.1. The van der Waals surface area contributed by atoms with Crippen molar-refractivity contribution in [2.75, 3.05) is 30.4 Å². The molecule has 0 amide bonds. The van der Waals surface area contributed by atoms with Gasteiger partial charge < -0.3 is 10.2 Å². The molecule has 0 radical (unpaired) electrons. The minimum absolute atomic E-state index is 0.122. The van der Waals surface area contributed by atoms with Crippen LogP contribution in [0.15, 0.2) is 12.1 Å². The monoisotopic (exact) mass is 191 g/mol. The van der Waals surface area contributed by atoms with Gasteiger partial charge in [0.15, 0.2) is 0 Å². The van der Waals surface area contributed by atoms with E-state index in [0.29, 0.717) is 5.69 Å². The van der Waals surface area contributed by atoms with Crippen molar-refractivity contribution in [1.29, 1.82) is 5.26 Å². The second-order valence-electron chi connectivity index (χ2n) is 3.28. The Labute approximate surface area is 81.8 Å². The summed E-state index contributed by atoms with van der Waals surface area (Å²) in [4.78, 5) is 1.90. The average Bonchev–Trinajstić information content (AvgIpc) is 2.19. The lowest BCUT2D eigenvalue weighted by atomic mass is 10.1. The third-order valence-electron chi connectivity index (χ3n) is 2.38. The van der Waals surface area contributed by atoms with Crippen molar-refractivity contribution in [2.45, 2.75) is 0 Å². The molecule has 0 saturated carbocycles. The van der Waals surface area contributed by atoms with Crippen molar-refractivity contribution in [3.8, 4) is 6.07 Å². The topological polar surface area (TPSA) is 39.1 Å². The minimum Gasteiger partial charge on any atom is -0.382 e. The first-order chi connectivity index (χ1) is 6.74. The maximum atomic E-state index is 13.3. The molecule has 3 nitrogen and oxygen atoms in total. The van der Waals surface area contributed by atoms with Crippen LogP contribution in [-0.4, -0.2) is 20.1 Å². The molecule has 1 aromatic carbocycles. The van der Waals surface area contributed by atoms with Crippen molar-refractivity contribution in [3.05, 3.63) is 23.5 Å². The van der Waals surface area contributed by atoms with Gasteiger partial charge in [-0.1, -0.05) is 0 Å². The predicted octanol–water partition coefficient (Wildman–Crippen LogP) is 1.56. The molecule has 1 aliphatic heterocycles. The molecule has 2 rings (SSSR count). The Morgan fingerprint density at radius 3 is 3.07 bits per heavy atom. The first-order valence-electron chi connectivity index (χ1n) is 4.41. The lowest BCUT2D eigenvalue weighted by molar-refractivity contribution is 0.623. The van der Waals surface area contributed by atoms with E-state index in [9.17, 15) is 4.39 Å². The number of nitrogens with zero attached hydrogens (tertiary/aromatic N) is 2. The quantitative estimate of drug-likeness (QED) is 0.676. The van der Waals surface area contributed by atoms with E-state index in [0.717, 1.165) is 18.8 Å². The van der Waals surface area contributed by atoms with E-state index in [2.05, 4.69) is 5.32 Å². The highest BCUT2D eigenvalue weighted by atomic mass is 19.1. The van der Waals surface area contributed by atoms with Gasteiger partial charge >= 0.3 is 0 Å². The second kappa shape index (κ2) is 3.18. The van der Waals surface area contributed by atoms with Gasteiger partial charge in [0.1, 0.15) is 17.4 Å². The van der Waals surface area contributed by atoms with E-state index in [1.54, 1.807) is 6.07 Å². The number of hydrogen-bond acceptors (Lipinski definition) is 3. The summed E-state index contributed by atoms with van der Waals surface area (Å²) in [7, 11) is 1.86. The van der Waals surface area contributed by atoms with Gasteiger partial charge in [0.25, 0.3) is 0 Å². The summed E-state index contributed by atoms with van der Waals surface area (Å²) >= 11 is 0. The van der Waals surface area contributed by atoms with Crippen LogP contribution in [0.2, 0.25) is 0 Å². The standard InChI is InChI=1S/C10H10FN3/c1-14-5-4-13-9-3-2-8(11)7(6-12)10(9)14/h2-3,13H,4-5H2,1H3. The summed E-state index contributed by atoms with van der Waals surface area (Å²) in [5.41, 5.74) is 1.62. The predicted molar refractivity (Wildman–Crippen MR) is 52.9 cm³/mol. The Bertz CT molecular complexity index is 409. The molecule has 0 unspecified atom stereocenters. The van der Waals surface area contributed by atoms with Crippen molar-refractivity contribution in [1.82, 2.24) is 0 Å². The molecular formula is C10H10FN3. The van der Waals surface area contributed by atoms with Gasteiger partial charge in [-0.05, 0) is 12.1 Å². The van der Waals surface area contributed by atoms with Crippen molar-refractivity contribution >= 4 is 11.4 Å². The lowest BCUT2D eigenvalue weighted by Crippen LogP contribution is -2.31. The van der Waals surface area contributed by atoms with E-state index in [4.69, 9.17) is 5.26 Å². The van der Waals surface area contributed by atoms with E-state index in [1.807, 2.05) is 18.0 Å². The highest BCUT2D eigenvalue weighted by Crippen LogP contribution is 2.32. The van der Waals surface area contributed by atoms with E-state index in [-0.39, 0.29) is 5.56 Å². The highest BCUT2D eigenvalue weighted by Gasteiger charge is 2.19. The van der Waals surface area contributed by atoms with Gasteiger partial charge in [0.05, 0.1) is 11.4 Å². The number of nitrogens with one attached hydrogen (secondary N) is 1. The Balaban J connectivity index is 2.65. The van der Waals surface area contributed by atoms with E-state index >= 15 is 0 Å². The molecule has 1 N–H and O–H groups in total. The number of rotatable bonds is 0. The molecule has 0 fully saturated rings. The van der Waals surface area contributed by atoms with E-state index in [1.165, 1.54) is 6.07 Å². The smallest absolute Gasteiger partial charge is 0.143 e. The molecule has 1 aromatic rings. The third kappa shape index (κ3) is 1.18. The third-order valence-corrected chi connectivity index (χ3v) is 2.38. The maximum absolute atomic E-state index is 13.3. The normalized spacial score (nSPS) is 14.2. The van der Waals surface area contributed by atoms with Crippen LogP contribution in [0.25, 0.3) is 0 Å². The molecular weight excluding hydrogens is 181 g/mol. The molecule has 0 aliphatic carbocycles. The summed E-state index contributed by atoms with van der Waals surface area (Å²) < 4.78 is 13.3. The first kappa shape index (κ1) is 8.82. The van der Waals surface area contributed by atoms with Gasteiger partial charge in [-0.2, -0.15) is 5.26 Å². The molecule has 0 spiro atoms. The SMILES string of the molecule is CN1CCNc2ccc(F)c(C#N)c21. The molecule has 0 saturated heterocycles. The zero-order valence-corrected chi connectivity index (χ0v) is 7.84. The van der Waals surface area contributed by atoms with E-state index < -0.39 is 5.82 Å². The number of halogens is 1. The molecule has 72 valence electrons. The van der Waals surface area contributed by atoms with Crippen LogP contribution in [0.3, 0.4) is 0 Å². The summed E-state index contributed by atoms with van der Waals surface area (Å²) in [5, 5.41) is 12.0. The van der Waals surface area contributed by atoms with Crippen molar-refractivity contribution in [2.24, 2.45) is 0 Å². The fourth-order valence-corrected chi connectivity index (χ4v) is 1.68. The molecule has 0 bridgehead atoms. The summed E-state index contributed by atoms with van der Waals surface area (Å²) in [6, 6.07) is 4.89. The number of likely N-dealkylation sites (N-methyl/N-ethyl adjacent to an activating group) is 1. The van der Waals surface area contributed by atoms with Crippen LogP contribution in [0, 0.1) is 17.1 Å². The van der Waals surface area contributed by atoms with Crippen LogP contribution >= 0.6 is 0 Å². The Kier molecular flexibility index (Phi) is 2.01. The molecule has 14 heavy (non-hydrogen) atoms. The largest absolute Gasteiger partial charge is 0.382 e. The van der Waals surface area contributed by atoms with Crippen molar-refractivity contribution < 1.29 is 4.39 Å². The van der Waals surface area contributed by atoms with Crippen LogP contribution in [0.1, 0.15) is 5.56 Å². The summed E-state index contributed by atoms with van der Waals surface area (Å²) in [6.45, 7) is 1.60. The molecule has 1 heterocycles. The molecule has 4 heteroatoms. The van der Waals surface area contributed by atoms with Gasteiger partial charge in [0.2, 0.25) is 0 Å². The number of hydrogen-bond donors (Lipinski definition) is 1. The number of benzene rings is 1. The Morgan fingerprint density at radius 1 is 1.57 bits per heavy atom. The average molecular weight is 191 g/mol. The molecule has 1 aliphatic rings. The molecule has 0 atom stereocenters. The summed E-state index contributed by atoms with van der Waals surface area (Å²) in [6.07, 6.45) is 0. The molecule has 0 aromatic heterocycles. The zero-order valence-electron chi connectivity index (χ0n) is 7.84. The fraction of sp³-hybridized carbons (Fsp3) is 0.300. The second-order valence-corrected chi connectivity index (χ2v) is 3.28. The Morgan fingerprint density at radius 2 is 2.36 bits per heavy atom. The van der Waals surface area contributed by atoms with Gasteiger partial charge in [-0.25, -0.2) is 4.39 Å². The summed E-state index contributed by atoms with van der Waals surface area (Å²) in [5.74, 6) is -0.457. The maximum Gasteiger partial charge on any atom is 0.143 e. The number of anilines is 2. The Hall–Kier alpha value is -1.76. The number of fused-ring (bicyclic) bond motifs is 1. The lowest BCUT2D eigenvalue weighted by Gasteiger charge is -2.29. The van der Waals surface area contributed by atoms with Gasteiger partial charge in [-0.15, -0.1) is 0 Å². The van der Waals surface area contributed by atoms with Crippen molar-refractivity contribution in [3.63, 3.8) is 0 Å². The van der Waals surface area contributed by atoms with Crippen LogP contribution < -0.4 is 10.2 Å².